The van der Waals surface area contributed by atoms with Gasteiger partial charge in [-0.2, -0.15) is 0 Å². The van der Waals surface area contributed by atoms with Gasteiger partial charge in [0.25, 0.3) is 0 Å². The number of carboxylic acids is 2. The maximum atomic E-state index is 10.6. The third-order valence-electron chi connectivity index (χ3n) is 1.73. The van der Waals surface area contributed by atoms with E-state index in [1.807, 2.05) is 0 Å². The van der Waals surface area contributed by atoms with Gasteiger partial charge in [-0.05, 0) is 12.8 Å². The molecule has 0 aromatic heterocycles. The van der Waals surface area contributed by atoms with Crippen LogP contribution in [0.2, 0.25) is 0 Å². The Morgan fingerprint density at radius 1 is 1.08 bits per heavy atom. The minimum Gasteiger partial charge on any atom is -0.480 e. The summed E-state index contributed by atoms with van der Waals surface area (Å²) in [6.07, 6.45) is 0. The monoisotopic (exact) mass is 189 g/mol. The van der Waals surface area contributed by atoms with E-state index in [1.165, 1.54) is 6.92 Å². The lowest BCUT2D eigenvalue weighted by atomic mass is 10.0. The normalized spacial score (nSPS) is 15.4. The van der Waals surface area contributed by atoms with E-state index in [1.54, 1.807) is 13.8 Å². The average molecular weight is 189 g/mol. The summed E-state index contributed by atoms with van der Waals surface area (Å²) < 4.78 is 0. The van der Waals surface area contributed by atoms with Crippen LogP contribution in [-0.2, 0) is 9.59 Å². The van der Waals surface area contributed by atoms with Gasteiger partial charge >= 0.3 is 11.9 Å². The number of hydrogen-bond donors (Lipinski definition) is 3. The van der Waals surface area contributed by atoms with Crippen LogP contribution in [0.1, 0.15) is 20.8 Å². The van der Waals surface area contributed by atoms with Gasteiger partial charge in [0, 0.05) is 0 Å². The maximum Gasteiger partial charge on any atom is 0.320 e. The Kier molecular flexibility index (Phi) is 4.40. The van der Waals surface area contributed by atoms with Gasteiger partial charge < -0.3 is 10.2 Å². The molecule has 0 spiro atoms. The van der Waals surface area contributed by atoms with Gasteiger partial charge in [-0.25, -0.2) is 0 Å². The zero-order valence-corrected chi connectivity index (χ0v) is 7.94. The van der Waals surface area contributed by atoms with Crippen LogP contribution in [0.5, 0.6) is 0 Å². The van der Waals surface area contributed by atoms with Gasteiger partial charge in [0.05, 0.1) is 0 Å². The van der Waals surface area contributed by atoms with Crippen molar-refractivity contribution in [2.24, 2.45) is 5.92 Å². The molecule has 0 heterocycles. The van der Waals surface area contributed by atoms with Crippen LogP contribution in [0.3, 0.4) is 0 Å². The van der Waals surface area contributed by atoms with E-state index >= 15 is 0 Å². The second-order valence-corrected chi connectivity index (χ2v) is 3.29. The fourth-order valence-electron chi connectivity index (χ4n) is 0.890. The van der Waals surface area contributed by atoms with Crippen molar-refractivity contribution in [1.29, 1.82) is 0 Å². The third-order valence-corrected chi connectivity index (χ3v) is 1.73. The molecule has 0 aromatic carbocycles. The number of carbonyl (C=O) groups is 2. The highest BCUT2D eigenvalue weighted by Crippen LogP contribution is 2.02. The Morgan fingerprint density at radius 3 is 1.77 bits per heavy atom. The van der Waals surface area contributed by atoms with E-state index in [2.05, 4.69) is 5.32 Å². The summed E-state index contributed by atoms with van der Waals surface area (Å²) in [5.74, 6) is -2.21. The number of carboxylic acid groups (broad SMARTS) is 2. The molecule has 5 nitrogen and oxygen atoms in total. The minimum absolute atomic E-state index is 0.140. The molecule has 13 heavy (non-hydrogen) atoms. The Hall–Kier alpha value is -1.10. The van der Waals surface area contributed by atoms with Gasteiger partial charge in [0.2, 0.25) is 0 Å². The number of rotatable bonds is 5. The zero-order valence-electron chi connectivity index (χ0n) is 7.94. The molecule has 0 rings (SSSR count). The SMILES string of the molecule is CC(N[C@H](C(=O)O)C(C)C)C(=O)O. The summed E-state index contributed by atoms with van der Waals surface area (Å²) in [6.45, 7) is 4.86. The number of nitrogens with one attached hydrogen (secondary N) is 1. The second kappa shape index (κ2) is 4.81. The molecule has 0 aliphatic heterocycles. The van der Waals surface area contributed by atoms with Crippen LogP contribution in [0.25, 0.3) is 0 Å². The molecule has 0 fully saturated rings. The lowest BCUT2D eigenvalue weighted by Gasteiger charge is -2.20. The van der Waals surface area contributed by atoms with Crippen molar-refractivity contribution in [1.82, 2.24) is 5.32 Å². The van der Waals surface area contributed by atoms with Gasteiger partial charge in [-0.15, -0.1) is 0 Å². The molecule has 1 unspecified atom stereocenters. The Bertz CT molecular complexity index is 202. The third kappa shape index (κ3) is 3.89. The molecule has 0 amide bonds. The van der Waals surface area contributed by atoms with E-state index in [0.29, 0.717) is 0 Å². The number of aliphatic carboxylic acids is 2. The highest BCUT2D eigenvalue weighted by atomic mass is 16.4. The van der Waals surface area contributed by atoms with Crippen molar-refractivity contribution in [2.75, 3.05) is 0 Å². The molecular formula is C8H15NO4. The van der Waals surface area contributed by atoms with Gasteiger partial charge in [0.15, 0.2) is 0 Å². The fourth-order valence-corrected chi connectivity index (χ4v) is 0.890. The van der Waals surface area contributed by atoms with Crippen LogP contribution in [-0.4, -0.2) is 34.2 Å². The van der Waals surface area contributed by atoms with E-state index in [-0.39, 0.29) is 5.92 Å². The standard InChI is InChI=1S/C8H15NO4/c1-4(2)6(8(12)13)9-5(3)7(10)11/h4-6,9H,1-3H3,(H,10,11)(H,12,13)/t5?,6-/m0/s1. The quantitative estimate of drug-likeness (QED) is 0.573. The molecule has 0 saturated carbocycles. The maximum absolute atomic E-state index is 10.6. The fraction of sp³-hybridized carbons (Fsp3) is 0.750. The van der Waals surface area contributed by atoms with Crippen molar-refractivity contribution in [3.63, 3.8) is 0 Å². The molecule has 0 aliphatic rings. The van der Waals surface area contributed by atoms with E-state index in [0.717, 1.165) is 0 Å². The van der Waals surface area contributed by atoms with E-state index in [4.69, 9.17) is 10.2 Å². The summed E-state index contributed by atoms with van der Waals surface area (Å²) in [7, 11) is 0. The average Bonchev–Trinajstić information content (AvgIpc) is 1.97. The highest BCUT2D eigenvalue weighted by Gasteiger charge is 2.25. The van der Waals surface area contributed by atoms with E-state index in [9.17, 15) is 9.59 Å². The molecular weight excluding hydrogens is 174 g/mol. The first-order valence-corrected chi connectivity index (χ1v) is 4.08. The van der Waals surface area contributed by atoms with Crippen LogP contribution in [0.15, 0.2) is 0 Å². The summed E-state index contributed by atoms with van der Waals surface area (Å²) in [6, 6.07) is -1.66. The Balaban J connectivity index is 4.27. The largest absolute Gasteiger partial charge is 0.480 e. The molecule has 0 aliphatic carbocycles. The van der Waals surface area contributed by atoms with Crippen LogP contribution in [0.4, 0.5) is 0 Å². The van der Waals surface area contributed by atoms with Crippen molar-refractivity contribution >= 4 is 11.9 Å². The topological polar surface area (TPSA) is 86.6 Å². The predicted molar refractivity (Wildman–Crippen MR) is 46.5 cm³/mol. The van der Waals surface area contributed by atoms with Crippen molar-refractivity contribution < 1.29 is 19.8 Å². The van der Waals surface area contributed by atoms with Gasteiger partial charge in [-0.3, -0.25) is 14.9 Å². The first-order valence-electron chi connectivity index (χ1n) is 4.08. The van der Waals surface area contributed by atoms with E-state index < -0.39 is 24.0 Å². The predicted octanol–water partition coefficient (Wildman–Crippen LogP) is 0.158. The van der Waals surface area contributed by atoms with Crippen molar-refractivity contribution in [2.45, 2.75) is 32.9 Å². The summed E-state index contributed by atoms with van der Waals surface area (Å²) in [5.41, 5.74) is 0. The van der Waals surface area contributed by atoms with Crippen molar-refractivity contribution in [3.05, 3.63) is 0 Å². The molecule has 0 bridgehead atoms. The summed E-state index contributed by atoms with van der Waals surface area (Å²) in [4.78, 5) is 21.1. The molecule has 5 heteroatoms. The summed E-state index contributed by atoms with van der Waals surface area (Å²) >= 11 is 0. The minimum atomic E-state index is -1.05. The van der Waals surface area contributed by atoms with Gasteiger partial charge in [-0.1, -0.05) is 13.8 Å². The molecule has 0 radical (unpaired) electrons. The Labute approximate surface area is 76.8 Å². The molecule has 3 N–H and O–H groups in total. The molecule has 0 saturated heterocycles. The zero-order chi connectivity index (χ0) is 10.6. The van der Waals surface area contributed by atoms with Crippen LogP contribution >= 0.6 is 0 Å². The van der Waals surface area contributed by atoms with Crippen LogP contribution < -0.4 is 5.32 Å². The molecule has 76 valence electrons. The number of hydrogen-bond acceptors (Lipinski definition) is 3. The molecule has 0 aromatic rings. The second-order valence-electron chi connectivity index (χ2n) is 3.29. The highest BCUT2D eigenvalue weighted by molar-refractivity contribution is 5.77. The summed E-state index contributed by atoms with van der Waals surface area (Å²) in [5, 5.41) is 19.8. The lowest BCUT2D eigenvalue weighted by Crippen LogP contribution is -2.48. The van der Waals surface area contributed by atoms with Crippen molar-refractivity contribution in [3.8, 4) is 0 Å². The smallest absolute Gasteiger partial charge is 0.320 e. The van der Waals surface area contributed by atoms with Crippen LogP contribution in [0, 0.1) is 5.92 Å². The van der Waals surface area contributed by atoms with Gasteiger partial charge in [0.1, 0.15) is 12.1 Å². The Morgan fingerprint density at radius 2 is 1.54 bits per heavy atom. The lowest BCUT2D eigenvalue weighted by molar-refractivity contribution is -0.143. The first kappa shape index (κ1) is 11.9. The molecule has 2 atom stereocenters. The first-order chi connectivity index (χ1) is 5.86.